The molecule has 1 aliphatic rings. The van der Waals surface area contributed by atoms with Gasteiger partial charge in [-0.1, -0.05) is 43.7 Å². The third kappa shape index (κ3) is 4.45. The summed E-state index contributed by atoms with van der Waals surface area (Å²) in [5.41, 5.74) is 3.91. The zero-order valence-corrected chi connectivity index (χ0v) is 18.3. The third-order valence-corrected chi connectivity index (χ3v) is 6.16. The Morgan fingerprint density at radius 3 is 2.65 bits per heavy atom. The summed E-state index contributed by atoms with van der Waals surface area (Å²) in [6, 6.07) is 11.0. The van der Waals surface area contributed by atoms with Crippen LogP contribution in [0.3, 0.4) is 0 Å². The maximum absolute atomic E-state index is 13.2. The second kappa shape index (κ2) is 8.88. The van der Waals surface area contributed by atoms with Crippen LogP contribution in [0.5, 0.6) is 0 Å². The lowest BCUT2D eigenvalue weighted by molar-refractivity contribution is 0.0926. The van der Waals surface area contributed by atoms with Crippen molar-refractivity contribution >= 4 is 5.91 Å². The number of rotatable bonds is 7. The van der Waals surface area contributed by atoms with Gasteiger partial charge < -0.3 is 10.3 Å². The molecule has 4 rings (SSSR count). The molecule has 0 spiro atoms. The molecular weight excluding hydrogens is 390 g/mol. The van der Waals surface area contributed by atoms with Gasteiger partial charge in [-0.25, -0.2) is 4.98 Å². The maximum Gasteiger partial charge on any atom is 0.270 e. The summed E-state index contributed by atoms with van der Waals surface area (Å²) in [5, 5.41) is 7.63. The summed E-state index contributed by atoms with van der Waals surface area (Å²) in [7, 11) is 1.79. The van der Waals surface area contributed by atoms with Crippen LogP contribution < -0.4 is 10.9 Å². The molecule has 1 aliphatic carbocycles. The number of benzene rings is 1. The fraction of sp³-hybridized carbons (Fsp3) is 0.417. The van der Waals surface area contributed by atoms with Crippen LogP contribution in [0.4, 0.5) is 0 Å². The van der Waals surface area contributed by atoms with E-state index in [2.05, 4.69) is 15.4 Å². The maximum atomic E-state index is 13.2. The van der Waals surface area contributed by atoms with Crippen LogP contribution in [0.25, 0.3) is 0 Å². The van der Waals surface area contributed by atoms with Crippen molar-refractivity contribution in [1.29, 1.82) is 0 Å². The molecule has 1 atom stereocenters. The molecular formula is C24H29N5O2. The van der Waals surface area contributed by atoms with E-state index in [4.69, 9.17) is 4.98 Å². The van der Waals surface area contributed by atoms with Crippen LogP contribution in [0.1, 0.15) is 77.0 Å². The molecule has 0 radical (unpaired) electrons. The van der Waals surface area contributed by atoms with Crippen LogP contribution in [0.15, 0.2) is 41.2 Å². The van der Waals surface area contributed by atoms with Gasteiger partial charge in [-0.3, -0.25) is 14.3 Å². The van der Waals surface area contributed by atoms with Gasteiger partial charge in [-0.05, 0) is 31.7 Å². The number of nitrogens with zero attached hydrogens (tertiary/aromatic N) is 3. The lowest BCUT2D eigenvalue weighted by Crippen LogP contribution is -2.32. The number of hydrogen-bond donors (Lipinski definition) is 2. The molecule has 2 heterocycles. The molecule has 31 heavy (non-hydrogen) atoms. The Morgan fingerprint density at radius 2 is 2.03 bits per heavy atom. The molecule has 7 heteroatoms. The summed E-state index contributed by atoms with van der Waals surface area (Å²) in [6.45, 7) is 3.96. The highest BCUT2D eigenvalue weighted by molar-refractivity contribution is 5.94. The molecule has 162 valence electrons. The van der Waals surface area contributed by atoms with Gasteiger partial charge in [-0.15, -0.1) is 0 Å². The summed E-state index contributed by atoms with van der Waals surface area (Å²) in [4.78, 5) is 33.1. The van der Waals surface area contributed by atoms with Gasteiger partial charge in [0.1, 0.15) is 11.5 Å². The van der Waals surface area contributed by atoms with Crippen molar-refractivity contribution in [2.24, 2.45) is 7.05 Å². The van der Waals surface area contributed by atoms with Gasteiger partial charge >= 0.3 is 0 Å². The first-order chi connectivity index (χ1) is 15.0. The van der Waals surface area contributed by atoms with Crippen molar-refractivity contribution in [3.63, 3.8) is 0 Å². The SMILES string of the molecule is CCc1nn(C)c(C(=O)NC(Cc2cc(=O)[nH]c(C3CCC3)n2)c2ccccc2)c1C. The topological polar surface area (TPSA) is 92.7 Å². The van der Waals surface area contributed by atoms with Gasteiger partial charge in [0.2, 0.25) is 0 Å². The summed E-state index contributed by atoms with van der Waals surface area (Å²) >= 11 is 0. The fourth-order valence-electron chi connectivity index (χ4n) is 4.22. The van der Waals surface area contributed by atoms with E-state index in [-0.39, 0.29) is 17.5 Å². The van der Waals surface area contributed by atoms with Crippen LogP contribution in [0, 0.1) is 6.92 Å². The molecule has 2 N–H and O–H groups in total. The standard InChI is InChI=1S/C24H29N5O2/c1-4-19-15(2)22(29(3)28-19)24(31)26-20(16-9-6-5-7-10-16)13-18-14-21(30)27-23(25-18)17-11-8-12-17/h5-7,9-10,14,17,20H,4,8,11-13H2,1-3H3,(H,26,31)(H,25,27,30). The molecule has 1 saturated carbocycles. The van der Waals surface area contributed by atoms with Gasteiger partial charge in [0.25, 0.3) is 11.5 Å². The molecule has 7 nitrogen and oxygen atoms in total. The van der Waals surface area contributed by atoms with E-state index in [9.17, 15) is 9.59 Å². The van der Waals surface area contributed by atoms with Crippen molar-refractivity contribution in [1.82, 2.24) is 25.1 Å². The first-order valence-electron chi connectivity index (χ1n) is 10.9. The number of carbonyl (C=O) groups excluding carboxylic acids is 1. The Kier molecular flexibility index (Phi) is 6.02. The van der Waals surface area contributed by atoms with E-state index >= 15 is 0 Å². The number of hydrogen-bond acceptors (Lipinski definition) is 4. The van der Waals surface area contributed by atoms with Crippen LogP contribution in [-0.4, -0.2) is 25.7 Å². The fourth-order valence-corrected chi connectivity index (χ4v) is 4.22. The Balaban J connectivity index is 1.63. The van der Waals surface area contributed by atoms with E-state index in [1.807, 2.05) is 44.2 Å². The zero-order valence-electron chi connectivity index (χ0n) is 18.3. The molecule has 2 aromatic heterocycles. The highest BCUT2D eigenvalue weighted by Gasteiger charge is 2.25. The summed E-state index contributed by atoms with van der Waals surface area (Å²) < 4.78 is 1.64. The molecule has 1 amide bonds. The Morgan fingerprint density at radius 1 is 1.29 bits per heavy atom. The van der Waals surface area contributed by atoms with E-state index in [1.165, 1.54) is 12.5 Å². The van der Waals surface area contributed by atoms with Crippen molar-refractivity contribution in [2.75, 3.05) is 0 Å². The number of aryl methyl sites for hydroxylation is 2. The largest absolute Gasteiger partial charge is 0.344 e. The quantitative estimate of drug-likeness (QED) is 0.614. The second-order valence-corrected chi connectivity index (χ2v) is 8.29. The molecule has 1 fully saturated rings. The Bertz CT molecular complexity index is 1130. The molecule has 1 unspecified atom stereocenters. The average Bonchev–Trinajstić information content (AvgIpc) is 2.99. The minimum absolute atomic E-state index is 0.139. The highest BCUT2D eigenvalue weighted by Crippen LogP contribution is 2.34. The third-order valence-electron chi connectivity index (χ3n) is 6.16. The smallest absolute Gasteiger partial charge is 0.270 e. The highest BCUT2D eigenvalue weighted by atomic mass is 16.2. The van der Waals surface area contributed by atoms with Gasteiger partial charge in [-0.2, -0.15) is 5.10 Å². The van der Waals surface area contributed by atoms with E-state index < -0.39 is 0 Å². The summed E-state index contributed by atoms with van der Waals surface area (Å²) in [6.07, 6.45) is 4.51. The summed E-state index contributed by atoms with van der Waals surface area (Å²) in [5.74, 6) is 0.925. The van der Waals surface area contributed by atoms with Gasteiger partial charge in [0.15, 0.2) is 0 Å². The Labute approximate surface area is 181 Å². The lowest BCUT2D eigenvalue weighted by Gasteiger charge is -2.25. The number of H-pyrrole nitrogens is 1. The Hall–Kier alpha value is -3.22. The van der Waals surface area contributed by atoms with Crippen molar-refractivity contribution in [2.45, 2.75) is 57.9 Å². The second-order valence-electron chi connectivity index (χ2n) is 8.29. The number of nitrogens with one attached hydrogen (secondary N) is 2. The predicted octanol–water partition coefficient (Wildman–Crippen LogP) is 3.36. The van der Waals surface area contributed by atoms with Crippen molar-refractivity contribution in [3.05, 3.63) is 80.8 Å². The van der Waals surface area contributed by atoms with E-state index in [1.54, 1.807) is 11.7 Å². The van der Waals surface area contributed by atoms with Crippen LogP contribution >= 0.6 is 0 Å². The van der Waals surface area contributed by atoms with E-state index in [0.717, 1.165) is 41.9 Å². The molecule has 0 aliphatic heterocycles. The molecule has 3 aromatic rings. The molecule has 0 bridgehead atoms. The van der Waals surface area contributed by atoms with Crippen molar-refractivity contribution in [3.8, 4) is 0 Å². The number of aromatic amines is 1. The minimum Gasteiger partial charge on any atom is -0.344 e. The van der Waals surface area contributed by atoms with Crippen molar-refractivity contribution < 1.29 is 4.79 Å². The predicted molar refractivity (Wildman–Crippen MR) is 119 cm³/mol. The monoisotopic (exact) mass is 419 g/mol. The minimum atomic E-state index is -0.309. The first-order valence-corrected chi connectivity index (χ1v) is 10.9. The van der Waals surface area contributed by atoms with Gasteiger partial charge in [0.05, 0.1) is 17.4 Å². The lowest BCUT2D eigenvalue weighted by atomic mass is 9.85. The molecule has 0 saturated heterocycles. The van der Waals surface area contributed by atoms with Gasteiger partial charge in [0, 0.05) is 31.0 Å². The van der Waals surface area contributed by atoms with Crippen LogP contribution in [-0.2, 0) is 19.9 Å². The van der Waals surface area contributed by atoms with Crippen LogP contribution in [0.2, 0.25) is 0 Å². The molecule has 1 aromatic carbocycles. The number of amides is 1. The number of carbonyl (C=O) groups is 1. The normalized spacial score (nSPS) is 14.8. The average molecular weight is 420 g/mol. The number of aromatic nitrogens is 4. The first kappa shape index (κ1) is 21.0. The zero-order chi connectivity index (χ0) is 22.0. The van der Waals surface area contributed by atoms with E-state index in [0.29, 0.717) is 23.7 Å².